The molecular formula is C16H20ClN7O. The monoisotopic (exact) mass is 361 g/mol. The van der Waals surface area contributed by atoms with Gasteiger partial charge in [0.05, 0.1) is 35.3 Å². The van der Waals surface area contributed by atoms with E-state index in [-0.39, 0.29) is 5.91 Å². The summed E-state index contributed by atoms with van der Waals surface area (Å²) in [6.45, 7) is 5.79. The predicted molar refractivity (Wildman–Crippen MR) is 94.5 cm³/mol. The highest BCUT2D eigenvalue weighted by Gasteiger charge is 2.08. The summed E-state index contributed by atoms with van der Waals surface area (Å²) in [5.41, 5.74) is 2.49. The van der Waals surface area contributed by atoms with Crippen LogP contribution in [0, 0.1) is 6.92 Å². The standard InChI is InChI=1S/C16H20ClN7O/c1-3-22-8-13(6-18-22)9-24-10-14(7-19-24)20-16(25)4-5-23-11-15(17)12(2)21-23/h6-8,10-11H,3-5,9H2,1-2H3,(H,20,25). The zero-order valence-electron chi connectivity index (χ0n) is 14.2. The first-order valence-electron chi connectivity index (χ1n) is 8.06. The van der Waals surface area contributed by atoms with E-state index in [2.05, 4.69) is 20.6 Å². The Hall–Kier alpha value is -2.61. The lowest BCUT2D eigenvalue weighted by Crippen LogP contribution is -2.14. The van der Waals surface area contributed by atoms with Gasteiger partial charge in [0.25, 0.3) is 0 Å². The van der Waals surface area contributed by atoms with Crippen LogP contribution in [-0.2, 0) is 24.4 Å². The molecule has 25 heavy (non-hydrogen) atoms. The number of nitrogens with zero attached hydrogens (tertiary/aromatic N) is 6. The molecule has 0 aliphatic carbocycles. The van der Waals surface area contributed by atoms with Gasteiger partial charge >= 0.3 is 0 Å². The number of aromatic nitrogens is 6. The topological polar surface area (TPSA) is 82.6 Å². The molecule has 8 nitrogen and oxygen atoms in total. The maximum atomic E-state index is 12.1. The van der Waals surface area contributed by atoms with E-state index in [1.807, 2.05) is 30.9 Å². The van der Waals surface area contributed by atoms with E-state index in [0.717, 1.165) is 17.8 Å². The van der Waals surface area contributed by atoms with Gasteiger partial charge in [-0.25, -0.2) is 0 Å². The highest BCUT2D eigenvalue weighted by molar-refractivity contribution is 6.31. The molecule has 3 heterocycles. The van der Waals surface area contributed by atoms with Gasteiger partial charge in [-0.15, -0.1) is 0 Å². The Kier molecular flexibility index (Phi) is 5.18. The van der Waals surface area contributed by atoms with Gasteiger partial charge in [-0.3, -0.25) is 18.8 Å². The van der Waals surface area contributed by atoms with Gasteiger partial charge in [0.1, 0.15) is 0 Å². The smallest absolute Gasteiger partial charge is 0.226 e. The van der Waals surface area contributed by atoms with Crippen LogP contribution in [0.1, 0.15) is 24.6 Å². The molecule has 3 aromatic rings. The highest BCUT2D eigenvalue weighted by atomic mass is 35.5. The van der Waals surface area contributed by atoms with Crippen LogP contribution in [-0.4, -0.2) is 35.2 Å². The fourth-order valence-corrected chi connectivity index (χ4v) is 2.56. The van der Waals surface area contributed by atoms with Crippen molar-refractivity contribution >= 4 is 23.2 Å². The second kappa shape index (κ2) is 7.52. The van der Waals surface area contributed by atoms with Crippen LogP contribution in [0.15, 0.2) is 31.0 Å². The van der Waals surface area contributed by atoms with Crippen molar-refractivity contribution in [2.45, 2.75) is 39.9 Å². The van der Waals surface area contributed by atoms with E-state index in [1.54, 1.807) is 28.0 Å². The summed E-state index contributed by atoms with van der Waals surface area (Å²) in [7, 11) is 0. The number of carbonyl (C=O) groups is 1. The molecule has 0 aliphatic rings. The summed E-state index contributed by atoms with van der Waals surface area (Å²) >= 11 is 5.95. The third-order valence-electron chi connectivity index (χ3n) is 3.73. The molecule has 0 aliphatic heterocycles. The van der Waals surface area contributed by atoms with Crippen LogP contribution >= 0.6 is 11.6 Å². The van der Waals surface area contributed by atoms with Gasteiger partial charge < -0.3 is 5.32 Å². The normalized spacial score (nSPS) is 11.0. The number of hydrogen-bond acceptors (Lipinski definition) is 4. The van der Waals surface area contributed by atoms with Crippen molar-refractivity contribution in [3.05, 3.63) is 47.3 Å². The first kappa shape index (κ1) is 17.2. The number of amides is 1. The minimum Gasteiger partial charge on any atom is -0.323 e. The van der Waals surface area contributed by atoms with Crippen molar-refractivity contribution in [1.82, 2.24) is 29.3 Å². The minimum absolute atomic E-state index is 0.0948. The van der Waals surface area contributed by atoms with E-state index < -0.39 is 0 Å². The van der Waals surface area contributed by atoms with Crippen LogP contribution in [0.5, 0.6) is 0 Å². The average molecular weight is 362 g/mol. The molecule has 0 saturated carbocycles. The van der Waals surface area contributed by atoms with E-state index in [1.165, 1.54) is 0 Å². The van der Waals surface area contributed by atoms with E-state index in [4.69, 9.17) is 11.6 Å². The minimum atomic E-state index is -0.0948. The second-order valence-electron chi connectivity index (χ2n) is 5.75. The Morgan fingerprint density at radius 3 is 2.64 bits per heavy atom. The van der Waals surface area contributed by atoms with E-state index in [0.29, 0.717) is 30.2 Å². The summed E-state index contributed by atoms with van der Waals surface area (Å²) in [5.74, 6) is -0.0948. The molecule has 0 bridgehead atoms. The molecule has 0 radical (unpaired) electrons. The molecule has 0 aromatic carbocycles. The zero-order valence-corrected chi connectivity index (χ0v) is 14.9. The maximum Gasteiger partial charge on any atom is 0.226 e. The number of rotatable bonds is 7. The molecule has 0 saturated heterocycles. The SMILES string of the molecule is CCn1cc(Cn2cc(NC(=O)CCn3cc(Cl)c(C)n3)cn2)cn1. The van der Waals surface area contributed by atoms with Crippen molar-refractivity contribution in [2.24, 2.45) is 0 Å². The number of halogens is 1. The van der Waals surface area contributed by atoms with E-state index in [9.17, 15) is 4.79 Å². The molecule has 132 valence electrons. The van der Waals surface area contributed by atoms with Crippen LogP contribution in [0.3, 0.4) is 0 Å². The summed E-state index contributed by atoms with van der Waals surface area (Å²) in [6.07, 6.45) is 9.27. The Morgan fingerprint density at radius 1 is 1.16 bits per heavy atom. The van der Waals surface area contributed by atoms with Gasteiger partial charge in [0, 0.05) is 43.7 Å². The third kappa shape index (κ3) is 4.48. The van der Waals surface area contributed by atoms with Gasteiger partial charge in [-0.2, -0.15) is 15.3 Å². The molecule has 3 aromatic heterocycles. The van der Waals surface area contributed by atoms with Crippen molar-refractivity contribution in [2.75, 3.05) is 5.32 Å². The molecule has 0 spiro atoms. The zero-order chi connectivity index (χ0) is 17.8. The largest absolute Gasteiger partial charge is 0.323 e. The van der Waals surface area contributed by atoms with Gasteiger partial charge in [0.2, 0.25) is 5.91 Å². The molecule has 1 N–H and O–H groups in total. The fourth-order valence-electron chi connectivity index (χ4n) is 2.41. The lowest BCUT2D eigenvalue weighted by molar-refractivity contribution is -0.116. The van der Waals surface area contributed by atoms with Crippen molar-refractivity contribution in [1.29, 1.82) is 0 Å². The van der Waals surface area contributed by atoms with Crippen molar-refractivity contribution in [3.8, 4) is 0 Å². The summed E-state index contributed by atoms with van der Waals surface area (Å²) in [6, 6.07) is 0. The van der Waals surface area contributed by atoms with Crippen molar-refractivity contribution < 1.29 is 4.79 Å². The predicted octanol–water partition coefficient (Wildman–Crippen LogP) is 2.33. The van der Waals surface area contributed by atoms with Crippen LogP contribution in [0.2, 0.25) is 5.02 Å². The van der Waals surface area contributed by atoms with Crippen LogP contribution < -0.4 is 5.32 Å². The molecule has 0 fully saturated rings. The van der Waals surface area contributed by atoms with Crippen LogP contribution in [0.4, 0.5) is 5.69 Å². The van der Waals surface area contributed by atoms with Gasteiger partial charge in [-0.05, 0) is 13.8 Å². The molecule has 3 rings (SSSR count). The Labute approximate surface area is 150 Å². The lowest BCUT2D eigenvalue weighted by Gasteiger charge is -2.03. The fraction of sp³-hybridized carbons (Fsp3) is 0.375. The summed E-state index contributed by atoms with van der Waals surface area (Å²) < 4.78 is 5.31. The number of carbonyl (C=O) groups excluding carboxylic acids is 1. The van der Waals surface area contributed by atoms with Crippen LogP contribution in [0.25, 0.3) is 0 Å². The Morgan fingerprint density at radius 2 is 1.96 bits per heavy atom. The lowest BCUT2D eigenvalue weighted by atomic mass is 10.3. The first-order chi connectivity index (χ1) is 12.0. The first-order valence-corrected chi connectivity index (χ1v) is 8.44. The van der Waals surface area contributed by atoms with Gasteiger partial charge in [0.15, 0.2) is 0 Å². The maximum absolute atomic E-state index is 12.1. The molecule has 0 atom stereocenters. The molecule has 9 heteroatoms. The average Bonchev–Trinajstić information content (AvgIpc) is 3.28. The highest BCUT2D eigenvalue weighted by Crippen LogP contribution is 2.13. The Bertz CT molecular complexity index is 844. The number of anilines is 1. The Balaban J connectivity index is 1.51. The van der Waals surface area contributed by atoms with Gasteiger partial charge in [-0.1, -0.05) is 11.6 Å². The molecular weight excluding hydrogens is 342 g/mol. The van der Waals surface area contributed by atoms with Crippen molar-refractivity contribution in [3.63, 3.8) is 0 Å². The molecule has 1 amide bonds. The number of hydrogen-bond donors (Lipinski definition) is 1. The number of aryl methyl sites for hydroxylation is 3. The second-order valence-corrected chi connectivity index (χ2v) is 6.16. The van der Waals surface area contributed by atoms with E-state index >= 15 is 0 Å². The number of nitrogens with one attached hydrogen (secondary N) is 1. The quantitative estimate of drug-likeness (QED) is 0.700. The summed E-state index contributed by atoms with van der Waals surface area (Å²) in [4.78, 5) is 12.1. The molecule has 0 unspecified atom stereocenters. The third-order valence-corrected chi connectivity index (χ3v) is 4.10. The summed E-state index contributed by atoms with van der Waals surface area (Å²) in [5, 5.41) is 16.2.